The van der Waals surface area contributed by atoms with Crippen molar-refractivity contribution in [2.45, 2.75) is 45.1 Å². The Bertz CT molecular complexity index is 668. The van der Waals surface area contributed by atoms with Gasteiger partial charge in [0.25, 0.3) is 5.24 Å². The van der Waals surface area contributed by atoms with E-state index in [0.717, 1.165) is 29.5 Å². The Morgan fingerprint density at radius 1 is 1.19 bits per heavy atom. The molecule has 2 fully saturated rings. The number of thioether (sulfide) groups is 1. The number of likely N-dealkylation sites (tertiary alicyclic amines) is 1. The lowest BCUT2D eigenvalue weighted by Gasteiger charge is -2.35. The van der Waals surface area contributed by atoms with Crippen LogP contribution >= 0.6 is 11.8 Å². The van der Waals surface area contributed by atoms with Gasteiger partial charge >= 0.3 is 0 Å². The molecule has 3 rings (SSSR count). The largest absolute Gasteiger partial charge is 0.494 e. The summed E-state index contributed by atoms with van der Waals surface area (Å²) >= 11 is 1.07. The summed E-state index contributed by atoms with van der Waals surface area (Å²) in [5.41, 5.74) is 1.12. The van der Waals surface area contributed by atoms with Crippen LogP contribution in [0.25, 0.3) is 0 Å². The molecule has 0 N–H and O–H groups in total. The van der Waals surface area contributed by atoms with E-state index in [2.05, 4.69) is 6.92 Å². The number of imide groups is 1. The lowest BCUT2D eigenvalue weighted by Crippen LogP contribution is -2.48. The molecule has 27 heavy (non-hydrogen) atoms. The summed E-state index contributed by atoms with van der Waals surface area (Å²) in [5.74, 6) is 1.15. The van der Waals surface area contributed by atoms with E-state index < -0.39 is 0 Å². The van der Waals surface area contributed by atoms with Gasteiger partial charge in [-0.15, -0.1) is 0 Å². The fraction of sp³-hybridized carbons (Fsp3) is 0.550. The van der Waals surface area contributed by atoms with Crippen LogP contribution in [-0.4, -0.2) is 58.3 Å². The van der Waals surface area contributed by atoms with E-state index in [-0.39, 0.29) is 28.8 Å². The van der Waals surface area contributed by atoms with Crippen LogP contribution in [0.1, 0.15) is 38.2 Å². The molecule has 6 nitrogen and oxygen atoms in total. The molecule has 0 atom stereocenters. The summed E-state index contributed by atoms with van der Waals surface area (Å²) in [6.45, 7) is 3.99. The van der Waals surface area contributed by atoms with Gasteiger partial charge in [0.1, 0.15) is 5.75 Å². The molecule has 1 aromatic carbocycles. The number of piperidine rings is 1. The predicted octanol–water partition coefficient (Wildman–Crippen LogP) is 3.09. The highest BCUT2D eigenvalue weighted by atomic mass is 32.2. The van der Waals surface area contributed by atoms with E-state index in [9.17, 15) is 14.4 Å². The number of aryl methyl sites for hydroxylation is 1. The topological polar surface area (TPSA) is 66.9 Å². The fourth-order valence-electron chi connectivity index (χ4n) is 3.47. The van der Waals surface area contributed by atoms with Crippen molar-refractivity contribution < 1.29 is 19.1 Å². The Morgan fingerprint density at radius 2 is 1.89 bits per heavy atom. The van der Waals surface area contributed by atoms with Crippen LogP contribution in [0.3, 0.4) is 0 Å². The number of benzene rings is 1. The highest BCUT2D eigenvalue weighted by Gasteiger charge is 2.37. The maximum absolute atomic E-state index is 12.5. The maximum Gasteiger partial charge on any atom is 0.289 e. The van der Waals surface area contributed by atoms with Crippen LogP contribution in [0, 0.1) is 0 Å². The van der Waals surface area contributed by atoms with Crippen molar-refractivity contribution in [2.75, 3.05) is 25.4 Å². The summed E-state index contributed by atoms with van der Waals surface area (Å²) < 4.78 is 5.57. The van der Waals surface area contributed by atoms with E-state index in [1.54, 1.807) is 0 Å². The summed E-state index contributed by atoms with van der Waals surface area (Å²) in [4.78, 5) is 39.4. The van der Waals surface area contributed by atoms with Gasteiger partial charge in [-0.2, -0.15) is 0 Å². The molecule has 146 valence electrons. The molecule has 0 aromatic heterocycles. The second-order valence-electron chi connectivity index (χ2n) is 6.92. The summed E-state index contributed by atoms with van der Waals surface area (Å²) in [5, 5.41) is -0.142. The number of hydrogen-bond donors (Lipinski definition) is 0. The van der Waals surface area contributed by atoms with E-state index in [0.29, 0.717) is 45.4 Å². The molecule has 0 radical (unpaired) electrons. The van der Waals surface area contributed by atoms with Crippen LogP contribution in [0.2, 0.25) is 0 Å². The van der Waals surface area contributed by atoms with Gasteiger partial charge in [0.05, 0.1) is 12.4 Å². The van der Waals surface area contributed by atoms with E-state index in [1.165, 1.54) is 4.90 Å². The number of carbonyl (C=O) groups is 3. The monoisotopic (exact) mass is 390 g/mol. The van der Waals surface area contributed by atoms with E-state index in [1.807, 2.05) is 29.2 Å². The summed E-state index contributed by atoms with van der Waals surface area (Å²) in [6.07, 6.45) is 3.50. The number of nitrogens with zero attached hydrogens (tertiary/aromatic N) is 2. The van der Waals surface area contributed by atoms with Crippen molar-refractivity contribution >= 4 is 28.8 Å². The molecule has 0 bridgehead atoms. The fourth-order valence-corrected chi connectivity index (χ4v) is 4.25. The predicted molar refractivity (Wildman–Crippen MR) is 105 cm³/mol. The van der Waals surface area contributed by atoms with Crippen molar-refractivity contribution in [3.63, 3.8) is 0 Å². The first-order valence-electron chi connectivity index (χ1n) is 9.57. The molecule has 1 aromatic rings. The third-order valence-corrected chi connectivity index (χ3v) is 5.83. The highest BCUT2D eigenvalue weighted by Crippen LogP contribution is 2.27. The molecule has 0 saturated carbocycles. The zero-order chi connectivity index (χ0) is 19.2. The Morgan fingerprint density at radius 3 is 2.48 bits per heavy atom. The molecule has 2 aliphatic rings. The van der Waals surface area contributed by atoms with Gasteiger partial charge in [-0.3, -0.25) is 19.3 Å². The molecular weight excluding hydrogens is 364 g/mol. The maximum atomic E-state index is 12.5. The first kappa shape index (κ1) is 19.7. The molecule has 2 saturated heterocycles. The number of ether oxygens (including phenoxy) is 1. The third-order valence-electron chi connectivity index (χ3n) is 4.99. The van der Waals surface area contributed by atoms with Crippen LogP contribution in [0.5, 0.6) is 5.75 Å². The zero-order valence-corrected chi connectivity index (χ0v) is 16.5. The Hall–Kier alpha value is -2.02. The molecule has 0 aliphatic carbocycles. The van der Waals surface area contributed by atoms with Gasteiger partial charge in [-0.05, 0) is 43.4 Å². The number of rotatable bonds is 7. The Labute approximate surface area is 164 Å². The lowest BCUT2D eigenvalue weighted by molar-refractivity contribution is -0.133. The van der Waals surface area contributed by atoms with Gasteiger partial charge in [-0.1, -0.05) is 30.8 Å². The minimum absolute atomic E-state index is 0.0558. The van der Waals surface area contributed by atoms with Gasteiger partial charge in [-0.25, -0.2) is 0 Å². The number of amides is 3. The van der Waals surface area contributed by atoms with Crippen molar-refractivity contribution in [2.24, 2.45) is 0 Å². The number of hydrogen-bond acceptors (Lipinski definition) is 5. The van der Waals surface area contributed by atoms with Crippen LogP contribution in [0.15, 0.2) is 24.3 Å². The van der Waals surface area contributed by atoms with Gasteiger partial charge in [0, 0.05) is 25.6 Å². The quantitative estimate of drug-likeness (QED) is 0.716. The second-order valence-corrected chi connectivity index (χ2v) is 7.85. The molecule has 0 spiro atoms. The molecule has 0 unspecified atom stereocenters. The standard InChI is InChI=1S/C20H26N2O4S/c1-2-13-26-17-6-3-15(4-7-17)5-8-18(23)21-11-9-16(10-12-21)22-19(24)14-27-20(22)25/h3-4,6-7,16H,2,5,8-14H2,1H3. The zero-order valence-electron chi connectivity index (χ0n) is 15.7. The van der Waals surface area contributed by atoms with Crippen LogP contribution in [-0.2, 0) is 16.0 Å². The minimum atomic E-state index is -0.142. The normalized spacial score (nSPS) is 18.3. The van der Waals surface area contributed by atoms with E-state index in [4.69, 9.17) is 4.74 Å². The number of carbonyl (C=O) groups excluding carboxylic acids is 3. The average Bonchev–Trinajstić information content (AvgIpc) is 3.03. The first-order chi connectivity index (χ1) is 13.1. The van der Waals surface area contributed by atoms with Crippen molar-refractivity contribution in [3.05, 3.63) is 29.8 Å². The van der Waals surface area contributed by atoms with Crippen LogP contribution in [0.4, 0.5) is 4.79 Å². The smallest absolute Gasteiger partial charge is 0.289 e. The van der Waals surface area contributed by atoms with E-state index >= 15 is 0 Å². The summed E-state index contributed by atoms with van der Waals surface area (Å²) in [6, 6.07) is 7.85. The highest BCUT2D eigenvalue weighted by molar-refractivity contribution is 8.14. The van der Waals surface area contributed by atoms with Crippen molar-refractivity contribution in [1.82, 2.24) is 9.80 Å². The lowest BCUT2D eigenvalue weighted by atomic mass is 10.0. The van der Waals surface area contributed by atoms with Gasteiger partial charge < -0.3 is 9.64 Å². The SMILES string of the molecule is CCCOc1ccc(CCC(=O)N2CCC(N3C(=O)CSC3=O)CC2)cc1. The second kappa shape index (κ2) is 9.26. The van der Waals surface area contributed by atoms with Crippen LogP contribution < -0.4 is 4.74 Å². The summed E-state index contributed by atoms with van der Waals surface area (Å²) in [7, 11) is 0. The average molecular weight is 391 g/mol. The van der Waals surface area contributed by atoms with Gasteiger partial charge in [0.15, 0.2) is 0 Å². The van der Waals surface area contributed by atoms with Crippen molar-refractivity contribution in [3.8, 4) is 5.75 Å². The Kier molecular flexibility index (Phi) is 6.77. The molecule has 2 aliphatic heterocycles. The third kappa shape index (κ3) is 5.03. The molecule has 2 heterocycles. The van der Waals surface area contributed by atoms with Crippen molar-refractivity contribution in [1.29, 1.82) is 0 Å². The molecule has 3 amide bonds. The van der Waals surface area contributed by atoms with Gasteiger partial charge in [0.2, 0.25) is 11.8 Å². The minimum Gasteiger partial charge on any atom is -0.494 e. The molecule has 7 heteroatoms. The first-order valence-corrected chi connectivity index (χ1v) is 10.6. The molecular formula is C20H26N2O4S. The Balaban J connectivity index is 1.43.